The monoisotopic (exact) mass is 298 g/mol. The number of amides is 2. The van der Waals surface area contributed by atoms with Gasteiger partial charge in [0.1, 0.15) is 0 Å². The van der Waals surface area contributed by atoms with Crippen LogP contribution in [0, 0.1) is 0 Å². The first-order chi connectivity index (χ1) is 10.6. The van der Waals surface area contributed by atoms with Gasteiger partial charge in [0.15, 0.2) is 0 Å². The number of hydrogen-bond acceptors (Lipinski definition) is 3. The van der Waals surface area contributed by atoms with Crippen molar-refractivity contribution in [3.63, 3.8) is 0 Å². The van der Waals surface area contributed by atoms with E-state index in [1.54, 1.807) is 11.0 Å². The molecule has 0 saturated carbocycles. The smallest absolute Gasteiger partial charge is 0.251 e. The van der Waals surface area contributed by atoms with E-state index < -0.39 is 6.10 Å². The normalized spacial score (nSPS) is 17.7. The maximum absolute atomic E-state index is 12.1. The third-order valence-corrected chi connectivity index (χ3v) is 3.93. The van der Waals surface area contributed by atoms with Crippen LogP contribution in [0.15, 0.2) is 42.5 Å². The standard InChI is InChI=1S/C17H18N2O3/c20-15-7-8-19(11-15)16(21)10-18-17(22)14-6-5-12-3-1-2-4-13(12)9-14/h1-6,9,15,20H,7-8,10-11H2,(H,18,22)/t15-/m1/s1. The maximum atomic E-state index is 12.1. The quantitative estimate of drug-likeness (QED) is 0.893. The molecule has 0 radical (unpaired) electrons. The maximum Gasteiger partial charge on any atom is 0.251 e. The van der Waals surface area contributed by atoms with Crippen LogP contribution in [0.3, 0.4) is 0 Å². The topological polar surface area (TPSA) is 69.6 Å². The predicted octanol–water partition coefficient (Wildman–Crippen LogP) is 1.16. The first-order valence-corrected chi connectivity index (χ1v) is 7.36. The average molecular weight is 298 g/mol. The molecule has 2 N–H and O–H groups in total. The number of rotatable bonds is 3. The van der Waals surface area contributed by atoms with E-state index in [-0.39, 0.29) is 18.4 Å². The van der Waals surface area contributed by atoms with Gasteiger partial charge in [0.2, 0.25) is 5.91 Å². The molecular weight excluding hydrogens is 280 g/mol. The third-order valence-electron chi connectivity index (χ3n) is 3.93. The lowest BCUT2D eigenvalue weighted by Crippen LogP contribution is -2.39. The number of carbonyl (C=O) groups is 2. The number of aliphatic hydroxyl groups excluding tert-OH is 1. The van der Waals surface area contributed by atoms with Crippen LogP contribution >= 0.6 is 0 Å². The minimum absolute atomic E-state index is 0.0433. The SMILES string of the molecule is O=C(NCC(=O)N1CC[C@@H](O)C1)c1ccc2ccccc2c1. The van der Waals surface area contributed by atoms with Gasteiger partial charge in [-0.1, -0.05) is 30.3 Å². The molecule has 0 spiro atoms. The summed E-state index contributed by atoms with van der Waals surface area (Å²) in [7, 11) is 0. The second-order valence-corrected chi connectivity index (χ2v) is 5.53. The molecule has 22 heavy (non-hydrogen) atoms. The molecule has 2 aromatic carbocycles. The number of β-amino-alcohol motifs (C(OH)–C–C–N with tert-alkyl or cyclic N) is 1. The highest BCUT2D eigenvalue weighted by molar-refractivity contribution is 6.00. The first kappa shape index (κ1) is 14.5. The molecular formula is C17H18N2O3. The predicted molar refractivity (Wildman–Crippen MR) is 83.5 cm³/mol. The van der Waals surface area contributed by atoms with Gasteiger partial charge in [-0.3, -0.25) is 9.59 Å². The second kappa shape index (κ2) is 6.15. The van der Waals surface area contributed by atoms with Gasteiger partial charge in [0, 0.05) is 18.7 Å². The van der Waals surface area contributed by atoms with Crippen molar-refractivity contribution >= 4 is 22.6 Å². The van der Waals surface area contributed by atoms with Gasteiger partial charge in [-0.05, 0) is 29.3 Å². The molecule has 0 bridgehead atoms. The molecule has 5 heteroatoms. The van der Waals surface area contributed by atoms with Gasteiger partial charge in [-0.15, -0.1) is 0 Å². The summed E-state index contributed by atoms with van der Waals surface area (Å²) in [6, 6.07) is 13.3. The van der Waals surface area contributed by atoms with Crippen molar-refractivity contribution in [2.45, 2.75) is 12.5 Å². The molecule has 114 valence electrons. The lowest BCUT2D eigenvalue weighted by molar-refractivity contribution is -0.129. The molecule has 1 saturated heterocycles. The second-order valence-electron chi connectivity index (χ2n) is 5.53. The van der Waals surface area contributed by atoms with Crippen molar-refractivity contribution in [2.75, 3.05) is 19.6 Å². The Hall–Kier alpha value is -2.40. The lowest BCUT2D eigenvalue weighted by Gasteiger charge is -2.15. The van der Waals surface area contributed by atoms with Crippen molar-refractivity contribution in [3.05, 3.63) is 48.0 Å². The molecule has 5 nitrogen and oxygen atoms in total. The zero-order chi connectivity index (χ0) is 15.5. The minimum atomic E-state index is -0.444. The summed E-state index contributed by atoms with van der Waals surface area (Å²) in [4.78, 5) is 25.7. The fraction of sp³-hybridized carbons (Fsp3) is 0.294. The molecule has 1 heterocycles. The fourth-order valence-electron chi connectivity index (χ4n) is 2.67. The first-order valence-electron chi connectivity index (χ1n) is 7.36. The molecule has 0 unspecified atom stereocenters. The highest BCUT2D eigenvalue weighted by atomic mass is 16.3. The van der Waals surface area contributed by atoms with Gasteiger partial charge >= 0.3 is 0 Å². The molecule has 1 fully saturated rings. The van der Waals surface area contributed by atoms with Crippen LogP contribution in [0.4, 0.5) is 0 Å². The van der Waals surface area contributed by atoms with Crippen LogP contribution in [0.25, 0.3) is 10.8 Å². The third kappa shape index (κ3) is 3.09. The highest BCUT2D eigenvalue weighted by Gasteiger charge is 2.24. The zero-order valence-electron chi connectivity index (χ0n) is 12.2. The number of aliphatic hydroxyl groups is 1. The van der Waals surface area contributed by atoms with Crippen LogP contribution in [0.1, 0.15) is 16.8 Å². The Morgan fingerprint density at radius 3 is 2.68 bits per heavy atom. The summed E-state index contributed by atoms with van der Waals surface area (Å²) < 4.78 is 0. The number of likely N-dealkylation sites (tertiary alicyclic amines) is 1. The van der Waals surface area contributed by atoms with Gasteiger partial charge in [0.25, 0.3) is 5.91 Å². The molecule has 1 aliphatic heterocycles. The number of nitrogens with zero attached hydrogens (tertiary/aromatic N) is 1. The van der Waals surface area contributed by atoms with Crippen molar-refractivity contribution in [1.82, 2.24) is 10.2 Å². The zero-order valence-corrected chi connectivity index (χ0v) is 12.2. The average Bonchev–Trinajstić information content (AvgIpc) is 2.98. The number of fused-ring (bicyclic) bond motifs is 1. The molecule has 2 amide bonds. The van der Waals surface area contributed by atoms with Gasteiger partial charge in [-0.25, -0.2) is 0 Å². The van der Waals surface area contributed by atoms with E-state index in [4.69, 9.17) is 0 Å². The summed E-state index contributed by atoms with van der Waals surface area (Å²) in [6.45, 7) is 0.856. The Kier molecular flexibility index (Phi) is 4.06. The van der Waals surface area contributed by atoms with Crippen LogP contribution in [0.5, 0.6) is 0 Å². The van der Waals surface area contributed by atoms with Crippen LogP contribution in [-0.2, 0) is 4.79 Å². The summed E-state index contributed by atoms with van der Waals surface area (Å²) >= 11 is 0. The molecule has 3 rings (SSSR count). The van der Waals surface area contributed by atoms with E-state index >= 15 is 0 Å². The largest absolute Gasteiger partial charge is 0.391 e. The Morgan fingerprint density at radius 1 is 1.18 bits per heavy atom. The number of hydrogen-bond donors (Lipinski definition) is 2. The van der Waals surface area contributed by atoms with E-state index in [9.17, 15) is 14.7 Å². The summed E-state index contributed by atoms with van der Waals surface area (Å²) in [5.74, 6) is -0.426. The minimum Gasteiger partial charge on any atom is -0.391 e. The molecule has 0 aliphatic carbocycles. The van der Waals surface area contributed by atoms with Crippen LogP contribution < -0.4 is 5.32 Å². The Bertz CT molecular complexity index is 714. The molecule has 2 aromatic rings. The Balaban J connectivity index is 1.62. The van der Waals surface area contributed by atoms with E-state index in [1.807, 2.05) is 36.4 Å². The van der Waals surface area contributed by atoms with Gasteiger partial charge in [-0.2, -0.15) is 0 Å². The lowest BCUT2D eigenvalue weighted by atomic mass is 10.1. The number of benzene rings is 2. The Morgan fingerprint density at radius 2 is 1.95 bits per heavy atom. The summed E-state index contributed by atoms with van der Waals surface area (Å²) in [5.41, 5.74) is 0.535. The van der Waals surface area contributed by atoms with Crippen LogP contribution in [0.2, 0.25) is 0 Å². The molecule has 1 aliphatic rings. The van der Waals surface area contributed by atoms with E-state index in [0.717, 1.165) is 10.8 Å². The number of carbonyl (C=O) groups excluding carboxylic acids is 2. The fourth-order valence-corrected chi connectivity index (χ4v) is 2.67. The summed E-state index contributed by atoms with van der Waals surface area (Å²) in [5, 5.41) is 14.1. The van der Waals surface area contributed by atoms with Crippen molar-refractivity contribution < 1.29 is 14.7 Å². The van der Waals surface area contributed by atoms with E-state index in [2.05, 4.69) is 5.32 Å². The van der Waals surface area contributed by atoms with E-state index in [1.165, 1.54) is 0 Å². The molecule has 0 aromatic heterocycles. The van der Waals surface area contributed by atoms with Crippen LogP contribution in [-0.4, -0.2) is 47.6 Å². The Labute approximate surface area is 128 Å². The number of nitrogens with one attached hydrogen (secondary N) is 1. The van der Waals surface area contributed by atoms with Crippen molar-refractivity contribution in [3.8, 4) is 0 Å². The van der Waals surface area contributed by atoms with Gasteiger partial charge in [0.05, 0.1) is 12.6 Å². The van der Waals surface area contributed by atoms with Gasteiger partial charge < -0.3 is 15.3 Å². The summed E-state index contributed by atoms with van der Waals surface area (Å²) in [6.07, 6.45) is 0.157. The van der Waals surface area contributed by atoms with Crippen molar-refractivity contribution in [2.24, 2.45) is 0 Å². The van der Waals surface area contributed by atoms with Crippen molar-refractivity contribution in [1.29, 1.82) is 0 Å². The highest BCUT2D eigenvalue weighted by Crippen LogP contribution is 2.15. The van der Waals surface area contributed by atoms with E-state index in [0.29, 0.717) is 25.1 Å². The molecule has 1 atom stereocenters.